The zero-order valence-corrected chi connectivity index (χ0v) is 20.0. The number of hydrogen-bond acceptors (Lipinski definition) is 5. The lowest BCUT2D eigenvalue weighted by Gasteiger charge is -2.35. The number of aryl methyl sites for hydroxylation is 1. The SMILES string of the molecule is CCc1ccc(CN2CCc3c(C(=O)N4CCCCC4CN)csc3C2)nc1.Cl.Cl. The molecule has 0 aliphatic carbocycles. The molecule has 2 aliphatic rings. The molecule has 2 aromatic heterocycles. The summed E-state index contributed by atoms with van der Waals surface area (Å²) in [5.74, 6) is 0.193. The highest BCUT2D eigenvalue weighted by atomic mass is 35.5. The molecule has 1 fully saturated rings. The van der Waals surface area contributed by atoms with Crippen molar-refractivity contribution in [3.8, 4) is 0 Å². The van der Waals surface area contributed by atoms with E-state index in [1.807, 2.05) is 11.1 Å². The Morgan fingerprint density at radius 2 is 2.10 bits per heavy atom. The Morgan fingerprint density at radius 3 is 2.80 bits per heavy atom. The highest BCUT2D eigenvalue weighted by molar-refractivity contribution is 7.10. The van der Waals surface area contributed by atoms with Crippen molar-refractivity contribution in [2.75, 3.05) is 19.6 Å². The number of nitrogens with zero attached hydrogens (tertiary/aromatic N) is 3. The second-order valence-electron chi connectivity index (χ2n) is 7.91. The quantitative estimate of drug-likeness (QED) is 0.715. The van der Waals surface area contributed by atoms with E-state index in [1.165, 1.54) is 22.4 Å². The first kappa shape index (κ1) is 25.1. The first-order valence-corrected chi connectivity index (χ1v) is 11.3. The highest BCUT2D eigenvalue weighted by Crippen LogP contribution is 2.31. The number of carbonyl (C=O) groups is 1. The number of fused-ring (bicyclic) bond motifs is 1. The van der Waals surface area contributed by atoms with Crippen molar-refractivity contribution < 1.29 is 4.79 Å². The molecule has 1 atom stereocenters. The number of likely N-dealkylation sites (tertiary alicyclic amines) is 1. The molecule has 2 N–H and O–H groups in total. The predicted molar refractivity (Wildman–Crippen MR) is 128 cm³/mol. The predicted octanol–water partition coefficient (Wildman–Crippen LogP) is 4.06. The molecule has 0 bridgehead atoms. The van der Waals surface area contributed by atoms with Crippen LogP contribution in [0.5, 0.6) is 0 Å². The summed E-state index contributed by atoms with van der Waals surface area (Å²) in [5, 5.41) is 2.08. The molecule has 4 heterocycles. The van der Waals surface area contributed by atoms with Crippen molar-refractivity contribution in [1.29, 1.82) is 0 Å². The lowest BCUT2D eigenvalue weighted by molar-refractivity contribution is 0.0622. The summed E-state index contributed by atoms with van der Waals surface area (Å²) >= 11 is 1.73. The number of amides is 1. The minimum atomic E-state index is 0. The largest absolute Gasteiger partial charge is 0.334 e. The minimum absolute atomic E-state index is 0. The van der Waals surface area contributed by atoms with Gasteiger partial charge in [0.1, 0.15) is 0 Å². The fourth-order valence-electron chi connectivity index (χ4n) is 4.35. The van der Waals surface area contributed by atoms with Crippen LogP contribution in [-0.2, 0) is 25.9 Å². The Kier molecular flexibility index (Phi) is 9.57. The van der Waals surface area contributed by atoms with E-state index in [4.69, 9.17) is 5.73 Å². The molecule has 166 valence electrons. The summed E-state index contributed by atoms with van der Waals surface area (Å²) in [5.41, 5.74) is 10.5. The van der Waals surface area contributed by atoms with E-state index in [0.29, 0.717) is 6.54 Å². The molecule has 5 nitrogen and oxygen atoms in total. The van der Waals surface area contributed by atoms with Crippen LogP contribution in [-0.4, -0.2) is 46.4 Å². The lowest BCUT2D eigenvalue weighted by Crippen LogP contribution is -2.47. The Morgan fingerprint density at radius 1 is 1.27 bits per heavy atom. The van der Waals surface area contributed by atoms with E-state index >= 15 is 0 Å². The van der Waals surface area contributed by atoms with Crippen molar-refractivity contribution >= 4 is 42.1 Å². The fraction of sp³-hybridized carbons (Fsp3) is 0.545. The number of carbonyl (C=O) groups excluding carboxylic acids is 1. The molecule has 0 radical (unpaired) electrons. The Bertz CT molecular complexity index is 827. The summed E-state index contributed by atoms with van der Waals surface area (Å²) in [7, 11) is 0. The van der Waals surface area contributed by atoms with Crippen LogP contribution in [0.15, 0.2) is 23.7 Å². The van der Waals surface area contributed by atoms with Gasteiger partial charge in [0.15, 0.2) is 0 Å². The van der Waals surface area contributed by atoms with Crippen LogP contribution in [0.25, 0.3) is 0 Å². The monoisotopic (exact) mass is 470 g/mol. The maximum Gasteiger partial charge on any atom is 0.255 e. The summed E-state index contributed by atoms with van der Waals surface area (Å²) in [6.07, 6.45) is 7.25. The van der Waals surface area contributed by atoms with Gasteiger partial charge in [-0.15, -0.1) is 36.2 Å². The maximum atomic E-state index is 13.2. The number of nitrogens with two attached hydrogens (primary N) is 1. The molecule has 30 heavy (non-hydrogen) atoms. The van der Waals surface area contributed by atoms with Crippen molar-refractivity contribution in [1.82, 2.24) is 14.8 Å². The van der Waals surface area contributed by atoms with E-state index in [1.54, 1.807) is 11.3 Å². The zero-order valence-electron chi connectivity index (χ0n) is 17.5. The Labute approximate surface area is 195 Å². The molecule has 0 spiro atoms. The average Bonchev–Trinajstić information content (AvgIpc) is 3.17. The van der Waals surface area contributed by atoms with E-state index in [9.17, 15) is 4.79 Å². The number of aromatic nitrogens is 1. The fourth-order valence-corrected chi connectivity index (χ4v) is 5.46. The van der Waals surface area contributed by atoms with Gasteiger partial charge in [0.05, 0.1) is 11.3 Å². The minimum Gasteiger partial charge on any atom is -0.334 e. The second-order valence-corrected chi connectivity index (χ2v) is 8.87. The van der Waals surface area contributed by atoms with Gasteiger partial charge < -0.3 is 10.6 Å². The molecule has 2 aliphatic heterocycles. The topological polar surface area (TPSA) is 62.5 Å². The molecule has 1 saturated heterocycles. The van der Waals surface area contributed by atoms with Crippen LogP contribution in [0.4, 0.5) is 0 Å². The highest BCUT2D eigenvalue weighted by Gasteiger charge is 2.30. The van der Waals surface area contributed by atoms with Gasteiger partial charge in [-0.05, 0) is 49.3 Å². The van der Waals surface area contributed by atoms with Gasteiger partial charge in [-0.2, -0.15) is 0 Å². The van der Waals surface area contributed by atoms with Crippen molar-refractivity contribution in [3.63, 3.8) is 0 Å². The summed E-state index contributed by atoms with van der Waals surface area (Å²) < 4.78 is 0. The first-order chi connectivity index (χ1) is 13.7. The summed E-state index contributed by atoms with van der Waals surface area (Å²) in [6, 6.07) is 4.52. The number of halogens is 2. The molecule has 4 rings (SSSR count). The van der Waals surface area contributed by atoms with Gasteiger partial charge in [-0.25, -0.2) is 0 Å². The third-order valence-corrected chi connectivity index (χ3v) is 7.11. The number of pyridine rings is 1. The molecule has 8 heteroatoms. The zero-order chi connectivity index (χ0) is 19.5. The van der Waals surface area contributed by atoms with Gasteiger partial charge in [0.2, 0.25) is 0 Å². The summed E-state index contributed by atoms with van der Waals surface area (Å²) in [4.78, 5) is 23.6. The third kappa shape index (κ3) is 5.35. The average molecular weight is 471 g/mol. The number of rotatable bonds is 5. The molecule has 0 saturated carbocycles. The normalized spacial score (nSPS) is 18.9. The molecule has 2 aromatic rings. The van der Waals surface area contributed by atoms with E-state index in [2.05, 4.69) is 34.3 Å². The molecular weight excluding hydrogens is 439 g/mol. The van der Waals surface area contributed by atoms with Gasteiger partial charge in [-0.1, -0.05) is 13.0 Å². The summed E-state index contributed by atoms with van der Waals surface area (Å²) in [6.45, 7) is 6.31. The van der Waals surface area contributed by atoms with E-state index in [-0.39, 0.29) is 36.8 Å². The van der Waals surface area contributed by atoms with Crippen molar-refractivity contribution in [2.45, 2.75) is 58.2 Å². The van der Waals surface area contributed by atoms with Crippen molar-refractivity contribution in [2.24, 2.45) is 5.73 Å². The molecular formula is C22H32Cl2N4OS. The molecule has 1 amide bonds. The lowest BCUT2D eigenvalue weighted by atomic mass is 9.98. The van der Waals surface area contributed by atoms with Crippen LogP contribution in [0.2, 0.25) is 0 Å². The van der Waals surface area contributed by atoms with Gasteiger partial charge >= 0.3 is 0 Å². The van der Waals surface area contributed by atoms with Crippen LogP contribution in [0.1, 0.15) is 58.2 Å². The first-order valence-electron chi connectivity index (χ1n) is 10.5. The van der Waals surface area contributed by atoms with Gasteiger partial charge in [-0.3, -0.25) is 14.7 Å². The molecule has 0 aromatic carbocycles. The molecule has 1 unspecified atom stereocenters. The van der Waals surface area contributed by atoms with E-state index < -0.39 is 0 Å². The number of piperidine rings is 1. The number of thiophene rings is 1. The third-order valence-electron chi connectivity index (χ3n) is 6.10. The van der Waals surface area contributed by atoms with Gasteiger partial charge in [0, 0.05) is 55.2 Å². The van der Waals surface area contributed by atoms with Crippen molar-refractivity contribution in [3.05, 3.63) is 51.0 Å². The Balaban J connectivity index is 0.00000160. The Hall–Kier alpha value is -1.18. The van der Waals surface area contributed by atoms with Crippen LogP contribution in [0.3, 0.4) is 0 Å². The number of hydrogen-bond donors (Lipinski definition) is 1. The maximum absolute atomic E-state index is 13.2. The smallest absolute Gasteiger partial charge is 0.255 e. The van der Waals surface area contributed by atoms with Gasteiger partial charge in [0.25, 0.3) is 5.91 Å². The van der Waals surface area contributed by atoms with Crippen LogP contribution < -0.4 is 5.73 Å². The van der Waals surface area contributed by atoms with Crippen LogP contribution in [0, 0.1) is 0 Å². The standard InChI is InChI=1S/C22H30N4OS.2ClH/c1-2-16-6-7-17(24-12-16)13-25-10-8-19-20(15-28-21(19)14-25)22(27)26-9-4-3-5-18(26)11-23;;/h6-7,12,15,18H,2-5,8-11,13-14,23H2,1H3;2*1H. The second kappa shape index (κ2) is 11.4. The van der Waals surface area contributed by atoms with E-state index in [0.717, 1.165) is 63.1 Å². The van der Waals surface area contributed by atoms with Crippen LogP contribution >= 0.6 is 36.2 Å².